The Labute approximate surface area is 266 Å². The smallest absolute Gasteiger partial charge is 0.272 e. The molecule has 0 fully saturated rings. The predicted molar refractivity (Wildman–Crippen MR) is 181 cm³/mol. The van der Waals surface area contributed by atoms with Gasteiger partial charge >= 0.3 is 0 Å². The molecule has 8 heteroatoms. The normalized spacial score (nSPS) is 11.1. The molecule has 226 valence electrons. The number of anilines is 2. The van der Waals surface area contributed by atoms with E-state index in [1.807, 2.05) is 81.4 Å². The van der Waals surface area contributed by atoms with E-state index in [0.717, 1.165) is 32.8 Å². The fourth-order valence-electron chi connectivity index (χ4n) is 4.61. The van der Waals surface area contributed by atoms with Gasteiger partial charge in [0.25, 0.3) is 11.8 Å². The van der Waals surface area contributed by atoms with E-state index in [-0.39, 0.29) is 17.4 Å². The molecule has 5 aromatic rings. The average molecular weight is 616 g/mol. The molecule has 3 N–H and O–H groups in total. The minimum Gasteiger partial charge on any atom is -0.457 e. The summed E-state index contributed by atoms with van der Waals surface area (Å²) in [7, 11) is 0. The van der Waals surface area contributed by atoms with Crippen LogP contribution in [0.3, 0.4) is 0 Å². The number of amides is 3. The molecule has 45 heavy (non-hydrogen) atoms. The van der Waals surface area contributed by atoms with Crippen LogP contribution in [0, 0.1) is 20.8 Å². The van der Waals surface area contributed by atoms with E-state index in [9.17, 15) is 14.4 Å². The highest BCUT2D eigenvalue weighted by molar-refractivity contribution is 8.00. The van der Waals surface area contributed by atoms with Gasteiger partial charge in [0.15, 0.2) is 0 Å². The van der Waals surface area contributed by atoms with E-state index >= 15 is 0 Å². The SMILES string of the molecule is Cc1ccc(-c2ccc(/C=C(\NC(=O)c3ccccc3)C(=O)Nc3ccc(SCC(=O)Nc4cc(C)cc(C)c4)cc3)o2)cc1. The zero-order valence-corrected chi connectivity index (χ0v) is 26.0. The van der Waals surface area contributed by atoms with Gasteiger partial charge in [0.2, 0.25) is 5.91 Å². The third-order valence-electron chi connectivity index (χ3n) is 6.77. The number of furan rings is 1. The second-order valence-electron chi connectivity index (χ2n) is 10.6. The van der Waals surface area contributed by atoms with E-state index in [4.69, 9.17) is 4.42 Å². The lowest BCUT2D eigenvalue weighted by Crippen LogP contribution is -2.30. The van der Waals surface area contributed by atoms with Crippen LogP contribution in [0.2, 0.25) is 0 Å². The Hall–Kier alpha value is -5.34. The molecular formula is C37H33N3O4S. The van der Waals surface area contributed by atoms with Crippen molar-refractivity contribution in [3.05, 3.63) is 143 Å². The topological polar surface area (TPSA) is 100 Å². The molecule has 1 heterocycles. The van der Waals surface area contributed by atoms with Crippen LogP contribution < -0.4 is 16.0 Å². The largest absolute Gasteiger partial charge is 0.457 e. The van der Waals surface area contributed by atoms with Gasteiger partial charge in [-0.05, 0) is 92.6 Å². The minimum absolute atomic E-state index is 0.0233. The van der Waals surface area contributed by atoms with E-state index in [1.165, 1.54) is 17.8 Å². The number of thioether (sulfide) groups is 1. The van der Waals surface area contributed by atoms with Gasteiger partial charge in [-0.1, -0.05) is 54.1 Å². The highest BCUT2D eigenvalue weighted by atomic mass is 32.2. The molecule has 0 radical (unpaired) electrons. The number of nitrogens with one attached hydrogen (secondary N) is 3. The summed E-state index contributed by atoms with van der Waals surface area (Å²) < 4.78 is 6.00. The maximum atomic E-state index is 13.4. The third-order valence-corrected chi connectivity index (χ3v) is 7.78. The molecule has 4 aromatic carbocycles. The molecule has 3 amide bonds. The molecule has 0 spiro atoms. The van der Waals surface area contributed by atoms with Crippen molar-refractivity contribution in [1.82, 2.24) is 5.32 Å². The maximum absolute atomic E-state index is 13.4. The number of hydrogen-bond donors (Lipinski definition) is 3. The Kier molecular flexibility index (Phi) is 9.97. The monoisotopic (exact) mass is 615 g/mol. The molecule has 0 bridgehead atoms. The van der Waals surface area contributed by atoms with Crippen molar-refractivity contribution in [2.75, 3.05) is 16.4 Å². The lowest BCUT2D eigenvalue weighted by Gasteiger charge is -2.11. The van der Waals surface area contributed by atoms with Crippen LogP contribution in [0.15, 0.2) is 124 Å². The molecule has 5 rings (SSSR count). The van der Waals surface area contributed by atoms with E-state index < -0.39 is 11.8 Å². The van der Waals surface area contributed by atoms with Crippen LogP contribution in [0.4, 0.5) is 11.4 Å². The minimum atomic E-state index is -0.513. The summed E-state index contributed by atoms with van der Waals surface area (Å²) in [6.07, 6.45) is 1.51. The second-order valence-corrected chi connectivity index (χ2v) is 11.7. The Balaban J connectivity index is 1.26. The summed E-state index contributed by atoms with van der Waals surface area (Å²) in [5, 5.41) is 8.52. The fourth-order valence-corrected chi connectivity index (χ4v) is 5.31. The van der Waals surface area contributed by atoms with Crippen molar-refractivity contribution < 1.29 is 18.8 Å². The summed E-state index contributed by atoms with van der Waals surface area (Å²) in [6, 6.07) is 33.3. The lowest BCUT2D eigenvalue weighted by atomic mass is 10.1. The first kappa shape index (κ1) is 31.1. The first-order valence-electron chi connectivity index (χ1n) is 14.4. The highest BCUT2D eigenvalue weighted by Gasteiger charge is 2.16. The van der Waals surface area contributed by atoms with Gasteiger partial charge in [-0.3, -0.25) is 14.4 Å². The number of carbonyl (C=O) groups excluding carboxylic acids is 3. The van der Waals surface area contributed by atoms with Crippen molar-refractivity contribution in [2.45, 2.75) is 25.7 Å². The molecule has 1 aromatic heterocycles. The van der Waals surface area contributed by atoms with Gasteiger partial charge in [-0.15, -0.1) is 11.8 Å². The summed E-state index contributed by atoms with van der Waals surface area (Å²) >= 11 is 1.39. The number of hydrogen-bond acceptors (Lipinski definition) is 5. The van der Waals surface area contributed by atoms with Crippen molar-refractivity contribution in [3.8, 4) is 11.3 Å². The zero-order valence-electron chi connectivity index (χ0n) is 25.2. The van der Waals surface area contributed by atoms with Gasteiger partial charge in [0.1, 0.15) is 17.2 Å². The molecular weight excluding hydrogens is 582 g/mol. The van der Waals surface area contributed by atoms with E-state index in [2.05, 4.69) is 22.0 Å². The first-order valence-corrected chi connectivity index (χ1v) is 15.4. The lowest BCUT2D eigenvalue weighted by molar-refractivity contribution is -0.114. The molecule has 7 nitrogen and oxygen atoms in total. The van der Waals surface area contributed by atoms with Gasteiger partial charge < -0.3 is 20.4 Å². The zero-order chi connectivity index (χ0) is 31.8. The molecule has 0 unspecified atom stereocenters. The Morgan fingerprint density at radius 1 is 0.711 bits per heavy atom. The van der Waals surface area contributed by atoms with Crippen molar-refractivity contribution in [2.24, 2.45) is 0 Å². The van der Waals surface area contributed by atoms with Gasteiger partial charge in [-0.2, -0.15) is 0 Å². The maximum Gasteiger partial charge on any atom is 0.272 e. The van der Waals surface area contributed by atoms with Gasteiger partial charge in [-0.25, -0.2) is 0 Å². The molecule has 0 saturated carbocycles. The number of benzene rings is 4. The van der Waals surface area contributed by atoms with Crippen LogP contribution in [0.25, 0.3) is 17.4 Å². The Morgan fingerprint density at radius 3 is 2.09 bits per heavy atom. The summed E-state index contributed by atoms with van der Waals surface area (Å²) in [5.74, 6) is 0.259. The van der Waals surface area contributed by atoms with Crippen LogP contribution >= 0.6 is 11.8 Å². The first-order chi connectivity index (χ1) is 21.7. The fraction of sp³-hybridized carbons (Fsp3) is 0.108. The van der Waals surface area contributed by atoms with Crippen molar-refractivity contribution in [1.29, 1.82) is 0 Å². The number of carbonyl (C=O) groups is 3. The Morgan fingerprint density at radius 2 is 1.40 bits per heavy atom. The Bertz CT molecular complexity index is 1820. The van der Waals surface area contributed by atoms with Crippen molar-refractivity contribution >= 4 is 46.9 Å². The van der Waals surface area contributed by atoms with Crippen LogP contribution in [0.1, 0.15) is 32.8 Å². The summed E-state index contributed by atoms with van der Waals surface area (Å²) in [4.78, 5) is 39.8. The molecule has 0 saturated heterocycles. The van der Waals surface area contributed by atoms with Gasteiger partial charge in [0.05, 0.1) is 5.75 Å². The van der Waals surface area contributed by atoms with Gasteiger partial charge in [0, 0.05) is 33.5 Å². The standard InChI is InChI=1S/C37H33N3O4S/c1-24-9-11-27(12-10-24)34-18-15-31(44-34)22-33(40-36(42)28-7-5-4-6-8-28)37(43)39-29-13-16-32(17-14-29)45-23-35(41)38-30-20-25(2)19-26(3)21-30/h4-22H,23H2,1-3H3,(H,38,41)(H,39,43)(H,40,42)/b33-22-. The second kappa shape index (κ2) is 14.4. The predicted octanol–water partition coefficient (Wildman–Crippen LogP) is 8.01. The summed E-state index contributed by atoms with van der Waals surface area (Å²) in [5.41, 5.74) is 5.96. The number of rotatable bonds is 10. The molecule has 0 aliphatic carbocycles. The third kappa shape index (κ3) is 8.84. The number of aryl methyl sites for hydroxylation is 3. The molecule has 0 aliphatic rings. The van der Waals surface area contributed by atoms with Crippen molar-refractivity contribution in [3.63, 3.8) is 0 Å². The van der Waals surface area contributed by atoms with Crippen LogP contribution in [-0.2, 0) is 9.59 Å². The highest BCUT2D eigenvalue weighted by Crippen LogP contribution is 2.25. The average Bonchev–Trinajstić information content (AvgIpc) is 3.49. The molecule has 0 aliphatic heterocycles. The van der Waals surface area contributed by atoms with Crippen LogP contribution in [0.5, 0.6) is 0 Å². The summed E-state index contributed by atoms with van der Waals surface area (Å²) in [6.45, 7) is 6.00. The van der Waals surface area contributed by atoms with E-state index in [1.54, 1.807) is 42.5 Å². The quantitative estimate of drug-likeness (QED) is 0.109. The van der Waals surface area contributed by atoms with Crippen LogP contribution in [-0.4, -0.2) is 23.5 Å². The molecule has 0 atom stereocenters. The van der Waals surface area contributed by atoms with E-state index in [0.29, 0.717) is 22.8 Å².